The van der Waals surface area contributed by atoms with Gasteiger partial charge in [-0.15, -0.1) is 0 Å². The van der Waals surface area contributed by atoms with E-state index in [0.717, 1.165) is 6.08 Å². The lowest BCUT2D eigenvalue weighted by Crippen LogP contribution is -2.33. The van der Waals surface area contributed by atoms with Crippen LogP contribution in [0, 0.1) is 6.42 Å². The Morgan fingerprint density at radius 2 is 2.00 bits per heavy atom. The number of carbonyl (C=O) groups is 1. The highest BCUT2D eigenvalue weighted by Crippen LogP contribution is 2.25. The third kappa shape index (κ3) is 3.28. The minimum atomic E-state index is -0.972. The molecule has 0 unspecified atom stereocenters. The number of ether oxygens (including phenoxy) is 1. The number of esters is 1. The summed E-state index contributed by atoms with van der Waals surface area (Å²) >= 11 is 0. The first-order chi connectivity index (χ1) is 9.47. The molecule has 1 aliphatic rings. The Labute approximate surface area is 115 Å². The van der Waals surface area contributed by atoms with E-state index in [0.29, 0.717) is 5.56 Å². The number of rotatable bonds is 3. The van der Waals surface area contributed by atoms with E-state index >= 15 is 0 Å². The Kier molecular flexibility index (Phi) is 4.26. The number of aliphatic hydroxyl groups is 2. The van der Waals surface area contributed by atoms with Crippen LogP contribution in [0.4, 0.5) is 0 Å². The second-order valence-electron chi connectivity index (χ2n) is 4.51. The third-order valence-corrected chi connectivity index (χ3v) is 3.00. The zero-order valence-electron chi connectivity index (χ0n) is 10.5. The monoisotopic (exact) mass is 279 g/mol. The van der Waals surface area contributed by atoms with Crippen molar-refractivity contribution in [2.24, 2.45) is 0 Å². The Morgan fingerprint density at radius 3 is 2.60 bits per heavy atom. The van der Waals surface area contributed by atoms with Gasteiger partial charge in [0.25, 0.3) is 0 Å². The molecule has 1 fully saturated rings. The summed E-state index contributed by atoms with van der Waals surface area (Å²) in [4.78, 5) is 11.6. The molecule has 0 aromatic heterocycles. The zero-order valence-corrected chi connectivity index (χ0v) is 10.5. The molecule has 1 aromatic carbocycles. The number of benzene rings is 1. The van der Waals surface area contributed by atoms with E-state index in [1.165, 1.54) is 30.7 Å². The number of hydrogen-bond donors (Lipinski definition) is 4. The van der Waals surface area contributed by atoms with Gasteiger partial charge in [-0.25, -0.2) is 4.79 Å². The molecule has 0 amide bonds. The van der Waals surface area contributed by atoms with Crippen molar-refractivity contribution >= 4 is 12.0 Å². The third-order valence-electron chi connectivity index (χ3n) is 3.00. The first kappa shape index (κ1) is 14.4. The fourth-order valence-electron chi connectivity index (χ4n) is 1.90. The normalized spacial score (nSPS) is 26.0. The minimum Gasteiger partial charge on any atom is -0.504 e. The van der Waals surface area contributed by atoms with Crippen molar-refractivity contribution < 1.29 is 30.0 Å². The molecule has 4 N–H and O–H groups in total. The molecule has 0 heterocycles. The van der Waals surface area contributed by atoms with Crippen LogP contribution in [-0.4, -0.2) is 44.7 Å². The summed E-state index contributed by atoms with van der Waals surface area (Å²) in [5.74, 6) is -1.26. The van der Waals surface area contributed by atoms with E-state index in [1.807, 2.05) is 0 Å². The number of hydrogen-bond acceptors (Lipinski definition) is 6. The van der Waals surface area contributed by atoms with Crippen LogP contribution in [0.3, 0.4) is 0 Å². The summed E-state index contributed by atoms with van der Waals surface area (Å²) in [7, 11) is 0. The van der Waals surface area contributed by atoms with Crippen LogP contribution in [-0.2, 0) is 9.53 Å². The summed E-state index contributed by atoms with van der Waals surface area (Å²) in [6, 6.07) is 4.08. The fraction of sp³-hybridized carbons (Fsp3) is 0.286. The predicted octanol–water partition coefficient (Wildman–Crippen LogP) is 0.353. The van der Waals surface area contributed by atoms with Gasteiger partial charge in [0.2, 0.25) is 0 Å². The van der Waals surface area contributed by atoms with Crippen molar-refractivity contribution in [1.29, 1.82) is 0 Å². The van der Waals surface area contributed by atoms with Crippen molar-refractivity contribution in [2.75, 3.05) is 0 Å². The fourth-order valence-corrected chi connectivity index (χ4v) is 1.90. The first-order valence-corrected chi connectivity index (χ1v) is 6.07. The molecular weight excluding hydrogens is 264 g/mol. The lowest BCUT2D eigenvalue weighted by molar-refractivity contribution is -0.152. The van der Waals surface area contributed by atoms with E-state index in [1.54, 1.807) is 0 Å². The molecule has 0 saturated heterocycles. The van der Waals surface area contributed by atoms with Gasteiger partial charge in [-0.3, -0.25) is 0 Å². The van der Waals surface area contributed by atoms with E-state index in [4.69, 9.17) is 9.84 Å². The lowest BCUT2D eigenvalue weighted by atomic mass is 10.2. The predicted molar refractivity (Wildman–Crippen MR) is 69.6 cm³/mol. The van der Waals surface area contributed by atoms with Gasteiger partial charge in [0.05, 0.1) is 12.2 Å². The van der Waals surface area contributed by atoms with Crippen LogP contribution in [0.2, 0.25) is 0 Å². The maximum atomic E-state index is 11.6. The molecule has 1 saturated carbocycles. The molecular formula is C14H15O6. The quantitative estimate of drug-likeness (QED) is 0.361. The van der Waals surface area contributed by atoms with Crippen LogP contribution < -0.4 is 0 Å². The first-order valence-electron chi connectivity index (χ1n) is 6.07. The largest absolute Gasteiger partial charge is 0.504 e. The molecule has 6 nitrogen and oxygen atoms in total. The van der Waals surface area contributed by atoms with Gasteiger partial charge in [0.15, 0.2) is 17.6 Å². The Balaban J connectivity index is 1.97. The molecule has 1 aromatic rings. The molecule has 3 atom stereocenters. The van der Waals surface area contributed by atoms with E-state index < -0.39 is 24.3 Å². The van der Waals surface area contributed by atoms with Gasteiger partial charge in [-0.05, 0) is 36.6 Å². The van der Waals surface area contributed by atoms with Gasteiger partial charge in [0, 0.05) is 6.08 Å². The average Bonchev–Trinajstić information content (AvgIpc) is 2.72. The number of phenolic OH excluding ortho intramolecular Hbond substituents is 2. The van der Waals surface area contributed by atoms with Crippen molar-refractivity contribution in [2.45, 2.75) is 24.7 Å². The molecule has 0 spiro atoms. The van der Waals surface area contributed by atoms with Gasteiger partial charge >= 0.3 is 5.97 Å². The summed E-state index contributed by atoms with van der Waals surface area (Å²) in [5.41, 5.74) is 0.497. The second-order valence-corrected chi connectivity index (χ2v) is 4.51. The van der Waals surface area contributed by atoms with E-state index in [-0.39, 0.29) is 17.9 Å². The van der Waals surface area contributed by atoms with Gasteiger partial charge < -0.3 is 25.2 Å². The lowest BCUT2D eigenvalue weighted by Gasteiger charge is -2.17. The van der Waals surface area contributed by atoms with E-state index in [9.17, 15) is 20.1 Å². The Bertz CT molecular complexity index is 514. The van der Waals surface area contributed by atoms with Gasteiger partial charge in [0.1, 0.15) is 0 Å². The summed E-state index contributed by atoms with van der Waals surface area (Å²) in [6.07, 6.45) is 1.42. The molecule has 6 heteroatoms. The Morgan fingerprint density at radius 1 is 1.25 bits per heavy atom. The Hall–Kier alpha value is -2.05. The van der Waals surface area contributed by atoms with E-state index in [2.05, 4.69) is 0 Å². The van der Waals surface area contributed by atoms with Crippen molar-refractivity contribution in [1.82, 2.24) is 0 Å². The van der Waals surface area contributed by atoms with Crippen LogP contribution in [0.5, 0.6) is 11.5 Å². The van der Waals surface area contributed by atoms with Crippen molar-refractivity contribution in [3.05, 3.63) is 36.3 Å². The van der Waals surface area contributed by atoms with Crippen LogP contribution in [0.25, 0.3) is 6.08 Å². The summed E-state index contributed by atoms with van der Waals surface area (Å²) in [5, 5.41) is 37.4. The van der Waals surface area contributed by atoms with Crippen LogP contribution in [0.15, 0.2) is 24.3 Å². The van der Waals surface area contributed by atoms with Crippen LogP contribution >= 0.6 is 0 Å². The molecule has 107 valence electrons. The molecule has 1 radical (unpaired) electrons. The molecule has 1 aliphatic carbocycles. The highest BCUT2D eigenvalue weighted by molar-refractivity contribution is 5.87. The molecule has 2 rings (SSSR count). The average molecular weight is 279 g/mol. The van der Waals surface area contributed by atoms with Crippen LogP contribution in [0.1, 0.15) is 12.0 Å². The minimum absolute atomic E-state index is 0.252. The smallest absolute Gasteiger partial charge is 0.331 e. The topological polar surface area (TPSA) is 107 Å². The standard InChI is InChI=1S/C14H15O6/c15-9-3-1-8(7-12(9)18)2-6-13(19)20-14-10(16)4-5-11(14)17/h1-4,6-7,10-11,14-18H,5H2/b6-2+/t10-,11+,14+/m1/s1. The summed E-state index contributed by atoms with van der Waals surface area (Å²) in [6.45, 7) is 0. The molecule has 0 aliphatic heterocycles. The maximum Gasteiger partial charge on any atom is 0.331 e. The SMILES string of the molecule is O=C(/C=C/c1ccc(O)c(O)c1)O[C@H]1[C@H](O)[CH]C[C@@H]1O. The van der Waals surface area contributed by atoms with Crippen molar-refractivity contribution in [3.8, 4) is 11.5 Å². The van der Waals surface area contributed by atoms with Gasteiger partial charge in [-0.2, -0.15) is 0 Å². The highest BCUT2D eigenvalue weighted by atomic mass is 16.6. The molecule has 0 bridgehead atoms. The second kappa shape index (κ2) is 5.94. The highest BCUT2D eigenvalue weighted by Gasteiger charge is 2.36. The number of aliphatic hydroxyl groups excluding tert-OH is 2. The number of phenols is 2. The van der Waals surface area contributed by atoms with Gasteiger partial charge in [-0.1, -0.05) is 6.07 Å². The summed E-state index contributed by atoms with van der Waals surface area (Å²) < 4.78 is 4.94. The molecule has 20 heavy (non-hydrogen) atoms. The maximum absolute atomic E-state index is 11.6. The number of aromatic hydroxyl groups is 2. The van der Waals surface area contributed by atoms with Crippen molar-refractivity contribution in [3.63, 3.8) is 0 Å². The zero-order chi connectivity index (χ0) is 14.7. The number of carbonyl (C=O) groups excluding carboxylic acids is 1.